The minimum atomic E-state index is -1.86. The van der Waals surface area contributed by atoms with Gasteiger partial charge in [-0.3, -0.25) is 4.79 Å². The monoisotopic (exact) mass is 525 g/mol. The van der Waals surface area contributed by atoms with Gasteiger partial charge in [0.15, 0.2) is 11.5 Å². The van der Waals surface area contributed by atoms with E-state index in [4.69, 9.17) is 19.4 Å². The zero-order chi connectivity index (χ0) is 27.3. The molecule has 2 unspecified atom stereocenters. The quantitative estimate of drug-likeness (QED) is 0.379. The molecule has 0 spiro atoms. The highest BCUT2D eigenvalue weighted by atomic mass is 19.1. The van der Waals surface area contributed by atoms with Crippen LogP contribution in [0.2, 0.25) is 0 Å². The molecule has 7 nitrogen and oxygen atoms in total. The predicted octanol–water partition coefficient (Wildman–Crippen LogP) is 4.95. The van der Waals surface area contributed by atoms with Crippen LogP contribution in [-0.2, 0) is 32.8 Å². The lowest BCUT2D eigenvalue weighted by Gasteiger charge is -2.34. The summed E-state index contributed by atoms with van der Waals surface area (Å²) < 4.78 is 26.4. The largest absolute Gasteiger partial charge is 0.393 e. The predicted molar refractivity (Wildman–Crippen MR) is 145 cm³/mol. The van der Waals surface area contributed by atoms with Gasteiger partial charge in [-0.2, -0.15) is 0 Å². The molecule has 2 N–H and O–H groups in total. The van der Waals surface area contributed by atoms with Gasteiger partial charge >= 0.3 is 0 Å². The van der Waals surface area contributed by atoms with Crippen molar-refractivity contribution in [2.45, 2.75) is 76.1 Å². The number of alkyl halides is 1. The fourth-order valence-corrected chi connectivity index (χ4v) is 5.73. The first-order valence-corrected chi connectivity index (χ1v) is 13.5. The first-order chi connectivity index (χ1) is 18.2. The van der Waals surface area contributed by atoms with Crippen molar-refractivity contribution >= 4 is 11.6 Å². The van der Waals surface area contributed by atoms with E-state index in [1.165, 1.54) is 6.08 Å². The number of nitrogens with one attached hydrogen (secondary N) is 1. The number of Topliss-reactive ketones (excluding diaryl/α,β-unsaturated/α-hetero) is 1. The van der Waals surface area contributed by atoms with Crippen molar-refractivity contribution in [3.8, 4) is 0 Å². The van der Waals surface area contributed by atoms with Crippen molar-refractivity contribution in [3.05, 3.63) is 65.1 Å². The number of hydrogen-bond donors (Lipinski definition) is 2. The number of anilines is 1. The number of halogens is 1. The number of hydrogen-bond acceptors (Lipinski definition) is 7. The van der Waals surface area contributed by atoms with Gasteiger partial charge in [0, 0.05) is 63.3 Å². The van der Waals surface area contributed by atoms with Crippen LogP contribution in [0.4, 0.5) is 10.2 Å². The number of fused-ring (bicyclic) bond motifs is 1. The van der Waals surface area contributed by atoms with Crippen molar-refractivity contribution in [1.29, 1.82) is 0 Å². The standard InChI is InChI=1S/C30H40FN3O4/c1-5-11-29(31,19-35)24-8-6-7-23(18-24)20(2)32-28-25-16-22(17-26(25)33-21(3)34-28)9-10-27(36)30(37-4)12-14-38-15-13-30/h5-8,18,20,22,35H,1,9-17,19H2,2-4H3,(H,32,33,34)/t20-,22?,29?/m1/s1. The Morgan fingerprint density at radius 1 is 1.37 bits per heavy atom. The van der Waals surface area contributed by atoms with Crippen molar-refractivity contribution in [1.82, 2.24) is 9.97 Å². The third-order valence-electron chi connectivity index (χ3n) is 8.13. The summed E-state index contributed by atoms with van der Waals surface area (Å²) in [6.45, 7) is 8.03. The first-order valence-electron chi connectivity index (χ1n) is 13.5. The number of rotatable bonds is 12. The van der Waals surface area contributed by atoms with E-state index in [-0.39, 0.29) is 18.2 Å². The Hall–Kier alpha value is -2.68. The fourth-order valence-electron chi connectivity index (χ4n) is 5.73. The summed E-state index contributed by atoms with van der Waals surface area (Å²) >= 11 is 0. The Morgan fingerprint density at radius 2 is 2.13 bits per heavy atom. The maximum absolute atomic E-state index is 15.3. The average Bonchev–Trinajstić information content (AvgIpc) is 3.35. The Morgan fingerprint density at radius 3 is 2.82 bits per heavy atom. The lowest BCUT2D eigenvalue weighted by molar-refractivity contribution is -0.153. The molecule has 2 aliphatic rings. The molecule has 2 aromatic rings. The molecule has 0 bridgehead atoms. The Bertz CT molecular complexity index is 1150. The normalized spacial score (nSPS) is 20.8. The Balaban J connectivity index is 1.45. The molecule has 1 aromatic carbocycles. The van der Waals surface area contributed by atoms with Crippen LogP contribution in [0.1, 0.15) is 73.3 Å². The number of carbonyl (C=O) groups is 1. The molecule has 1 fully saturated rings. The van der Waals surface area contributed by atoms with Gasteiger partial charge in [-0.1, -0.05) is 30.3 Å². The van der Waals surface area contributed by atoms with E-state index in [1.54, 1.807) is 19.2 Å². The molecule has 38 heavy (non-hydrogen) atoms. The van der Waals surface area contributed by atoms with Crippen molar-refractivity contribution < 1.29 is 23.8 Å². The zero-order valence-corrected chi connectivity index (χ0v) is 22.8. The first kappa shape index (κ1) is 28.3. The number of methoxy groups -OCH3 is 1. The minimum absolute atomic E-state index is 0.0382. The SMILES string of the molecule is C=CCC(F)(CO)c1cccc([C@@H](C)Nc2nc(C)nc3c2CC(CCC(=O)C2(OC)CCOCC2)C3)c1. The molecule has 1 saturated heterocycles. The molecular weight excluding hydrogens is 485 g/mol. The molecule has 0 radical (unpaired) electrons. The number of benzene rings is 1. The summed E-state index contributed by atoms with van der Waals surface area (Å²) in [5.41, 5.74) is 0.869. The number of carbonyl (C=O) groups excluding carboxylic acids is 1. The number of aryl methyl sites for hydroxylation is 1. The fraction of sp³-hybridized carbons (Fsp3) is 0.567. The van der Waals surface area contributed by atoms with Crippen LogP contribution in [-0.4, -0.2) is 53.4 Å². The summed E-state index contributed by atoms with van der Waals surface area (Å²) in [6, 6.07) is 7.10. The molecule has 3 atom stereocenters. The number of aromatic nitrogens is 2. The number of ketones is 1. The highest BCUT2D eigenvalue weighted by molar-refractivity contribution is 5.87. The zero-order valence-electron chi connectivity index (χ0n) is 22.8. The molecule has 206 valence electrons. The molecule has 1 aromatic heterocycles. The van der Waals surface area contributed by atoms with E-state index in [2.05, 4.69) is 11.9 Å². The molecular formula is C30H40FN3O4. The van der Waals surface area contributed by atoms with Crippen LogP contribution in [0, 0.1) is 12.8 Å². The van der Waals surface area contributed by atoms with Gasteiger partial charge in [0.2, 0.25) is 0 Å². The van der Waals surface area contributed by atoms with Crippen LogP contribution in [0.15, 0.2) is 36.9 Å². The molecule has 0 amide bonds. The molecule has 2 heterocycles. The molecule has 8 heteroatoms. The van der Waals surface area contributed by atoms with Crippen molar-refractivity contribution in [2.75, 3.05) is 32.2 Å². The van der Waals surface area contributed by atoms with Crippen LogP contribution in [0.5, 0.6) is 0 Å². The maximum Gasteiger partial charge on any atom is 0.164 e. The van der Waals surface area contributed by atoms with E-state index in [9.17, 15) is 9.90 Å². The highest BCUT2D eigenvalue weighted by Crippen LogP contribution is 2.36. The second-order valence-corrected chi connectivity index (χ2v) is 10.7. The highest BCUT2D eigenvalue weighted by Gasteiger charge is 2.40. The van der Waals surface area contributed by atoms with E-state index in [0.29, 0.717) is 49.8 Å². The van der Waals surface area contributed by atoms with Gasteiger partial charge in [0.25, 0.3) is 0 Å². The Labute approximate surface area is 224 Å². The van der Waals surface area contributed by atoms with Gasteiger partial charge in [-0.25, -0.2) is 14.4 Å². The number of allylic oxidation sites excluding steroid dienone is 1. The molecule has 4 rings (SSSR count). The van der Waals surface area contributed by atoms with Gasteiger partial charge in [-0.15, -0.1) is 6.58 Å². The van der Waals surface area contributed by atoms with Gasteiger partial charge in [0.1, 0.15) is 17.2 Å². The second-order valence-electron chi connectivity index (χ2n) is 10.7. The molecule has 0 saturated carbocycles. The van der Waals surface area contributed by atoms with Crippen molar-refractivity contribution in [3.63, 3.8) is 0 Å². The minimum Gasteiger partial charge on any atom is -0.393 e. The topological polar surface area (TPSA) is 93.6 Å². The third kappa shape index (κ3) is 5.98. The van der Waals surface area contributed by atoms with E-state index in [0.717, 1.165) is 41.9 Å². The van der Waals surface area contributed by atoms with Crippen LogP contribution in [0.25, 0.3) is 0 Å². The third-order valence-corrected chi connectivity index (χ3v) is 8.13. The summed E-state index contributed by atoms with van der Waals surface area (Å²) in [7, 11) is 1.62. The van der Waals surface area contributed by atoms with Crippen LogP contribution < -0.4 is 5.32 Å². The van der Waals surface area contributed by atoms with Crippen LogP contribution >= 0.6 is 0 Å². The van der Waals surface area contributed by atoms with E-state index < -0.39 is 17.9 Å². The number of ether oxygens (including phenoxy) is 2. The summed E-state index contributed by atoms with van der Waals surface area (Å²) in [4.78, 5) is 22.5. The van der Waals surface area contributed by atoms with Gasteiger partial charge in [-0.05, 0) is 50.2 Å². The second kappa shape index (κ2) is 12.0. The summed E-state index contributed by atoms with van der Waals surface area (Å²) in [5, 5.41) is 13.2. The maximum atomic E-state index is 15.3. The summed E-state index contributed by atoms with van der Waals surface area (Å²) in [5.74, 6) is 1.96. The van der Waals surface area contributed by atoms with E-state index in [1.807, 2.05) is 26.0 Å². The number of aliphatic hydroxyl groups is 1. The van der Waals surface area contributed by atoms with Crippen molar-refractivity contribution in [2.24, 2.45) is 5.92 Å². The van der Waals surface area contributed by atoms with Gasteiger partial charge < -0.3 is 19.9 Å². The van der Waals surface area contributed by atoms with Crippen LogP contribution in [0.3, 0.4) is 0 Å². The Kier molecular flexibility index (Phi) is 8.96. The lowest BCUT2D eigenvalue weighted by Crippen LogP contribution is -2.45. The molecule has 1 aliphatic heterocycles. The van der Waals surface area contributed by atoms with Gasteiger partial charge in [0.05, 0.1) is 6.61 Å². The number of aliphatic hydroxyl groups excluding tert-OH is 1. The average molecular weight is 526 g/mol. The van der Waals surface area contributed by atoms with E-state index >= 15 is 4.39 Å². The number of nitrogens with zero attached hydrogens (tertiary/aromatic N) is 2. The lowest BCUT2D eigenvalue weighted by atomic mass is 9.85. The molecule has 1 aliphatic carbocycles. The smallest absolute Gasteiger partial charge is 0.164 e. The summed E-state index contributed by atoms with van der Waals surface area (Å²) in [6.07, 6.45) is 5.62.